The van der Waals surface area contributed by atoms with Gasteiger partial charge < -0.3 is 15.2 Å². The number of nitrogens with two attached hydrogens (primary N) is 1. The van der Waals surface area contributed by atoms with E-state index in [0.717, 1.165) is 0 Å². The molecule has 0 amide bonds. The van der Waals surface area contributed by atoms with Gasteiger partial charge in [-0.15, -0.1) is 0 Å². The monoisotopic (exact) mass is 284 g/mol. The van der Waals surface area contributed by atoms with E-state index in [2.05, 4.69) is 4.98 Å². The molecule has 6 nitrogen and oxygen atoms in total. The van der Waals surface area contributed by atoms with Gasteiger partial charge in [0.1, 0.15) is 6.04 Å². The minimum absolute atomic E-state index is 0.187. The Morgan fingerprint density at radius 1 is 1.47 bits per heavy atom. The third kappa shape index (κ3) is 3.35. The lowest BCUT2D eigenvalue weighted by Gasteiger charge is -2.30. The zero-order chi connectivity index (χ0) is 14.3. The zero-order valence-corrected chi connectivity index (χ0v) is 11.8. The number of ether oxygens (including phenoxy) is 2. The maximum Gasteiger partial charge on any atom is 0.327 e. The van der Waals surface area contributed by atoms with Crippen LogP contribution in [0.25, 0.3) is 0 Å². The summed E-state index contributed by atoms with van der Waals surface area (Å²) >= 11 is 0. The summed E-state index contributed by atoms with van der Waals surface area (Å²) < 4.78 is 22.0. The van der Waals surface area contributed by atoms with Gasteiger partial charge in [-0.2, -0.15) is 0 Å². The summed E-state index contributed by atoms with van der Waals surface area (Å²) in [6.07, 6.45) is 1.52. The lowest BCUT2D eigenvalue weighted by Crippen LogP contribution is -2.50. The minimum atomic E-state index is -1.53. The van der Waals surface area contributed by atoms with Gasteiger partial charge in [-0.25, -0.2) is 0 Å². The second-order valence-electron chi connectivity index (χ2n) is 3.67. The molecule has 0 aliphatic rings. The van der Waals surface area contributed by atoms with Crippen molar-refractivity contribution in [3.8, 4) is 0 Å². The average molecular weight is 284 g/mol. The molecule has 0 saturated heterocycles. The number of hydrogen-bond donors (Lipinski definition) is 1. The van der Waals surface area contributed by atoms with Crippen LogP contribution in [0.4, 0.5) is 0 Å². The van der Waals surface area contributed by atoms with Crippen molar-refractivity contribution in [3.63, 3.8) is 0 Å². The first-order valence-corrected chi connectivity index (χ1v) is 6.75. The van der Waals surface area contributed by atoms with Gasteiger partial charge >= 0.3 is 5.97 Å². The first kappa shape index (κ1) is 15.7. The predicted molar refractivity (Wildman–Crippen MR) is 69.8 cm³/mol. The van der Waals surface area contributed by atoms with Gasteiger partial charge in [-0.1, -0.05) is 6.07 Å². The number of hydrogen-bond acceptors (Lipinski definition) is 6. The van der Waals surface area contributed by atoms with Crippen molar-refractivity contribution in [1.29, 1.82) is 0 Å². The molecule has 0 spiro atoms. The largest absolute Gasteiger partial charge is 0.465 e. The van der Waals surface area contributed by atoms with Crippen LogP contribution in [0.1, 0.15) is 19.5 Å². The molecular weight excluding hydrogens is 267 g/mol. The summed E-state index contributed by atoms with van der Waals surface area (Å²) in [5.74, 6) is -0.676. The predicted octanol–water partition coefficient (Wildman–Crippen LogP) is 1.45. The fourth-order valence-electron chi connectivity index (χ4n) is 1.64. The zero-order valence-electron chi connectivity index (χ0n) is 10.9. The van der Waals surface area contributed by atoms with E-state index in [1.807, 2.05) is 0 Å². The van der Waals surface area contributed by atoms with Crippen molar-refractivity contribution < 1.29 is 18.8 Å². The molecular formula is C12H17N2O4P. The van der Waals surface area contributed by atoms with E-state index in [1.54, 1.807) is 32.0 Å². The Kier molecular flexibility index (Phi) is 6.02. The number of carbonyl (C=O) groups is 1. The molecule has 0 aromatic carbocycles. The summed E-state index contributed by atoms with van der Waals surface area (Å²) in [5, 5.41) is -1.53. The van der Waals surface area contributed by atoms with Crippen molar-refractivity contribution >= 4 is 14.4 Å². The number of pyridine rings is 1. The molecule has 19 heavy (non-hydrogen) atoms. The molecule has 0 fully saturated rings. The van der Waals surface area contributed by atoms with Gasteiger partial charge in [-0.3, -0.25) is 14.3 Å². The van der Waals surface area contributed by atoms with E-state index in [-0.39, 0.29) is 13.2 Å². The number of carbonyl (C=O) groups excluding carboxylic acids is 1. The third-order valence-electron chi connectivity index (χ3n) is 2.49. The van der Waals surface area contributed by atoms with Gasteiger partial charge in [-0.05, 0) is 26.0 Å². The van der Waals surface area contributed by atoms with E-state index < -0.39 is 25.8 Å². The van der Waals surface area contributed by atoms with E-state index in [9.17, 15) is 9.36 Å². The second-order valence-corrected chi connectivity index (χ2v) is 4.51. The number of esters is 1. The van der Waals surface area contributed by atoms with Crippen molar-refractivity contribution in [2.24, 2.45) is 5.73 Å². The Labute approximate surface area is 113 Å². The first-order valence-electron chi connectivity index (χ1n) is 5.94. The SMILES string of the molecule is CCOC(=O)C(N)C(OCC)(P=O)c1ccccn1. The van der Waals surface area contributed by atoms with Crippen molar-refractivity contribution in [2.45, 2.75) is 25.2 Å². The standard InChI is InChI=1S/C12H17N2O4P/c1-3-17-11(15)10(13)12(19-16,18-4-2)9-7-5-6-8-14-9/h5-8,10H,3-4,13H2,1-2H3. The molecule has 0 bridgehead atoms. The van der Waals surface area contributed by atoms with Crippen LogP contribution in [-0.4, -0.2) is 30.2 Å². The molecule has 7 heteroatoms. The van der Waals surface area contributed by atoms with E-state index in [4.69, 9.17) is 15.2 Å². The highest BCUT2D eigenvalue weighted by molar-refractivity contribution is 7.25. The maximum absolute atomic E-state index is 11.8. The van der Waals surface area contributed by atoms with E-state index in [1.165, 1.54) is 6.20 Å². The number of nitrogens with zero attached hydrogens (tertiary/aromatic N) is 1. The van der Waals surface area contributed by atoms with Crippen LogP contribution in [0.3, 0.4) is 0 Å². The molecule has 2 unspecified atom stereocenters. The summed E-state index contributed by atoms with van der Waals surface area (Å²) in [6.45, 7) is 3.81. The second kappa shape index (κ2) is 7.28. The Balaban J connectivity index is 3.19. The molecule has 1 rings (SSSR count). The first-order chi connectivity index (χ1) is 9.12. The quantitative estimate of drug-likeness (QED) is 0.602. The Morgan fingerprint density at radius 2 is 2.21 bits per heavy atom. The Hall–Kier alpha value is -1.36. The summed E-state index contributed by atoms with van der Waals surface area (Å²) in [4.78, 5) is 15.9. The van der Waals surface area contributed by atoms with Crippen LogP contribution in [0.5, 0.6) is 0 Å². The molecule has 104 valence electrons. The number of rotatable bonds is 7. The van der Waals surface area contributed by atoms with Crippen LogP contribution >= 0.6 is 8.46 Å². The molecule has 0 aliphatic carbocycles. The molecule has 2 N–H and O–H groups in total. The fraction of sp³-hybridized carbons (Fsp3) is 0.500. The number of aromatic nitrogens is 1. The van der Waals surface area contributed by atoms with E-state index >= 15 is 0 Å². The Bertz CT molecular complexity index is 429. The maximum atomic E-state index is 11.8. The van der Waals surface area contributed by atoms with Crippen LogP contribution in [-0.2, 0) is 24.2 Å². The van der Waals surface area contributed by atoms with Crippen LogP contribution in [0.15, 0.2) is 24.4 Å². The summed E-state index contributed by atoms with van der Waals surface area (Å²) in [5.41, 5.74) is 6.19. The van der Waals surface area contributed by atoms with Crippen LogP contribution in [0, 0.1) is 0 Å². The summed E-state index contributed by atoms with van der Waals surface area (Å²) in [6, 6.07) is 3.80. The highest BCUT2D eigenvalue weighted by atomic mass is 31.1. The molecule has 1 heterocycles. The van der Waals surface area contributed by atoms with Crippen LogP contribution < -0.4 is 5.73 Å². The van der Waals surface area contributed by atoms with Gasteiger partial charge in [0.15, 0.2) is 8.46 Å². The molecule has 0 radical (unpaired) electrons. The fourth-order valence-corrected chi connectivity index (χ4v) is 2.27. The van der Waals surface area contributed by atoms with Gasteiger partial charge in [0.25, 0.3) is 0 Å². The highest BCUT2D eigenvalue weighted by Crippen LogP contribution is 2.38. The van der Waals surface area contributed by atoms with Gasteiger partial charge in [0.05, 0.1) is 12.3 Å². The lowest BCUT2D eigenvalue weighted by atomic mass is 10.1. The topological polar surface area (TPSA) is 91.5 Å². The molecule has 1 aromatic heterocycles. The molecule has 1 aromatic rings. The van der Waals surface area contributed by atoms with Crippen molar-refractivity contribution in [2.75, 3.05) is 13.2 Å². The van der Waals surface area contributed by atoms with E-state index in [0.29, 0.717) is 5.69 Å². The van der Waals surface area contributed by atoms with Crippen molar-refractivity contribution in [3.05, 3.63) is 30.1 Å². The van der Waals surface area contributed by atoms with Crippen molar-refractivity contribution in [1.82, 2.24) is 4.98 Å². The molecule has 2 atom stereocenters. The summed E-state index contributed by atoms with van der Waals surface area (Å²) in [7, 11) is -0.441. The highest BCUT2D eigenvalue weighted by Gasteiger charge is 2.47. The molecule has 0 aliphatic heterocycles. The normalized spacial score (nSPS) is 15.7. The average Bonchev–Trinajstić information content (AvgIpc) is 2.45. The smallest absolute Gasteiger partial charge is 0.327 e. The van der Waals surface area contributed by atoms with Gasteiger partial charge in [0, 0.05) is 12.8 Å². The van der Waals surface area contributed by atoms with Crippen LogP contribution in [0.2, 0.25) is 0 Å². The van der Waals surface area contributed by atoms with Gasteiger partial charge in [0.2, 0.25) is 5.34 Å². The molecule has 0 saturated carbocycles. The Morgan fingerprint density at radius 3 is 2.68 bits per heavy atom. The third-order valence-corrected chi connectivity index (χ3v) is 3.40. The lowest BCUT2D eigenvalue weighted by molar-refractivity contribution is -0.150. The minimum Gasteiger partial charge on any atom is -0.465 e.